The number of halogens is 3. The molecule has 0 saturated heterocycles. The number of methoxy groups -OCH3 is 1. The van der Waals surface area contributed by atoms with Gasteiger partial charge in [0.15, 0.2) is 5.16 Å². The van der Waals surface area contributed by atoms with E-state index < -0.39 is 17.6 Å². The maximum absolute atomic E-state index is 13.2. The van der Waals surface area contributed by atoms with Crippen molar-refractivity contribution in [2.24, 2.45) is 5.10 Å². The molecule has 0 aliphatic carbocycles. The molecular weight excluding hydrogens is 493 g/mol. The molecule has 4 rings (SSSR count). The molecular formula is C25H19F3N4O3S. The van der Waals surface area contributed by atoms with Crippen molar-refractivity contribution in [1.29, 1.82) is 0 Å². The Morgan fingerprint density at radius 3 is 2.44 bits per heavy atom. The lowest BCUT2D eigenvalue weighted by molar-refractivity contribution is -0.137. The standard InChI is InChI=1S/C25H19F3N4O3S/c1-35-19-12-10-18(11-13-19)32-23(34)20-4-2-3-5-21(20)30-24(32)36-15-22(33)31-29-14-16-6-8-17(9-7-16)25(26,27)28/h2-14H,15H2,1H3,(H,31,33)/b29-14+. The van der Waals surface area contributed by atoms with Crippen molar-refractivity contribution in [2.45, 2.75) is 11.3 Å². The van der Waals surface area contributed by atoms with Crippen LogP contribution in [-0.4, -0.2) is 34.5 Å². The number of carbonyl (C=O) groups is 1. The molecule has 184 valence electrons. The van der Waals surface area contributed by atoms with Crippen LogP contribution >= 0.6 is 11.8 Å². The van der Waals surface area contributed by atoms with E-state index >= 15 is 0 Å². The molecule has 0 unspecified atom stereocenters. The van der Waals surface area contributed by atoms with Gasteiger partial charge in [0, 0.05) is 0 Å². The van der Waals surface area contributed by atoms with Gasteiger partial charge >= 0.3 is 6.18 Å². The molecule has 0 aliphatic rings. The number of rotatable bonds is 7. The molecule has 3 aromatic carbocycles. The first-order valence-corrected chi connectivity index (χ1v) is 11.5. The van der Waals surface area contributed by atoms with E-state index in [9.17, 15) is 22.8 Å². The van der Waals surface area contributed by atoms with E-state index in [4.69, 9.17) is 4.74 Å². The van der Waals surface area contributed by atoms with Crippen LogP contribution in [0.15, 0.2) is 87.8 Å². The third kappa shape index (κ3) is 5.74. The fourth-order valence-electron chi connectivity index (χ4n) is 3.27. The summed E-state index contributed by atoms with van der Waals surface area (Å²) in [5.74, 6) is 0.0394. The Bertz CT molecular complexity index is 1470. The second kappa shape index (κ2) is 10.6. The molecule has 0 atom stereocenters. The predicted octanol–water partition coefficient (Wildman–Crippen LogP) is 4.66. The number of benzene rings is 3. The molecule has 1 N–H and O–H groups in total. The van der Waals surface area contributed by atoms with E-state index in [0.717, 1.165) is 23.9 Å². The van der Waals surface area contributed by atoms with Crippen LogP contribution in [0.5, 0.6) is 5.75 Å². The summed E-state index contributed by atoms with van der Waals surface area (Å²) in [6.45, 7) is 0. The molecule has 7 nitrogen and oxygen atoms in total. The average Bonchev–Trinajstić information content (AvgIpc) is 2.87. The zero-order valence-electron chi connectivity index (χ0n) is 18.8. The van der Waals surface area contributed by atoms with Crippen molar-refractivity contribution in [3.63, 3.8) is 0 Å². The quantitative estimate of drug-likeness (QED) is 0.169. The van der Waals surface area contributed by atoms with E-state index in [1.54, 1.807) is 55.6 Å². The Labute approximate surface area is 207 Å². The van der Waals surface area contributed by atoms with Crippen LogP contribution in [0, 0.1) is 0 Å². The van der Waals surface area contributed by atoms with E-state index in [0.29, 0.717) is 33.1 Å². The number of fused-ring (bicyclic) bond motifs is 1. The number of ether oxygens (including phenoxy) is 1. The minimum Gasteiger partial charge on any atom is -0.497 e. The van der Waals surface area contributed by atoms with Gasteiger partial charge in [0.2, 0.25) is 0 Å². The van der Waals surface area contributed by atoms with Gasteiger partial charge in [-0.15, -0.1) is 0 Å². The number of alkyl halides is 3. The zero-order valence-corrected chi connectivity index (χ0v) is 19.6. The lowest BCUT2D eigenvalue weighted by atomic mass is 10.1. The first kappa shape index (κ1) is 25.0. The molecule has 1 heterocycles. The third-order valence-electron chi connectivity index (χ3n) is 5.05. The van der Waals surface area contributed by atoms with Gasteiger partial charge in [-0.25, -0.2) is 10.4 Å². The number of carbonyl (C=O) groups excluding carboxylic acids is 1. The molecule has 1 aromatic heterocycles. The smallest absolute Gasteiger partial charge is 0.416 e. The van der Waals surface area contributed by atoms with E-state index in [-0.39, 0.29) is 11.3 Å². The minimum absolute atomic E-state index is 0.106. The SMILES string of the molecule is COc1ccc(-n2c(SCC(=O)N/N=C/c3ccc(C(F)(F)F)cc3)nc3ccccc3c2=O)cc1. The van der Waals surface area contributed by atoms with Crippen LogP contribution in [0.1, 0.15) is 11.1 Å². The van der Waals surface area contributed by atoms with E-state index in [1.165, 1.54) is 22.9 Å². The largest absolute Gasteiger partial charge is 0.497 e. The number of hydrazone groups is 1. The second-order valence-electron chi connectivity index (χ2n) is 7.45. The molecule has 0 bridgehead atoms. The summed E-state index contributed by atoms with van der Waals surface area (Å²) in [5, 5.41) is 4.54. The summed E-state index contributed by atoms with van der Waals surface area (Å²) in [6, 6.07) is 18.1. The number of hydrogen-bond acceptors (Lipinski definition) is 6. The highest BCUT2D eigenvalue weighted by Crippen LogP contribution is 2.29. The summed E-state index contributed by atoms with van der Waals surface area (Å²) in [7, 11) is 1.54. The van der Waals surface area contributed by atoms with Gasteiger partial charge in [-0.2, -0.15) is 18.3 Å². The zero-order chi connectivity index (χ0) is 25.7. The number of hydrogen-bond donors (Lipinski definition) is 1. The van der Waals surface area contributed by atoms with Gasteiger partial charge in [0.05, 0.1) is 41.2 Å². The number of thioether (sulfide) groups is 1. The van der Waals surface area contributed by atoms with E-state index in [1.807, 2.05) is 0 Å². The topological polar surface area (TPSA) is 85.6 Å². The normalized spacial score (nSPS) is 11.7. The van der Waals surface area contributed by atoms with Crippen LogP contribution in [0.3, 0.4) is 0 Å². The Kier molecular flexibility index (Phi) is 7.39. The fraction of sp³-hybridized carbons (Fsp3) is 0.120. The highest BCUT2D eigenvalue weighted by atomic mass is 32.2. The van der Waals surface area contributed by atoms with Crippen molar-refractivity contribution in [3.05, 3.63) is 94.3 Å². The van der Waals surface area contributed by atoms with Crippen LogP contribution < -0.4 is 15.7 Å². The fourth-order valence-corrected chi connectivity index (χ4v) is 4.07. The third-order valence-corrected chi connectivity index (χ3v) is 5.99. The monoisotopic (exact) mass is 512 g/mol. The highest BCUT2D eigenvalue weighted by Gasteiger charge is 2.29. The average molecular weight is 513 g/mol. The van der Waals surface area contributed by atoms with Crippen molar-refractivity contribution >= 4 is 34.8 Å². The van der Waals surface area contributed by atoms with E-state index in [2.05, 4.69) is 15.5 Å². The molecule has 0 fully saturated rings. The number of aromatic nitrogens is 2. The van der Waals surface area contributed by atoms with Crippen molar-refractivity contribution in [1.82, 2.24) is 15.0 Å². The highest BCUT2D eigenvalue weighted by molar-refractivity contribution is 7.99. The van der Waals surface area contributed by atoms with Crippen LogP contribution in [0.4, 0.5) is 13.2 Å². The summed E-state index contributed by atoms with van der Waals surface area (Å²) in [4.78, 5) is 30.2. The van der Waals surface area contributed by atoms with Crippen LogP contribution in [-0.2, 0) is 11.0 Å². The van der Waals surface area contributed by atoms with Gasteiger partial charge < -0.3 is 4.74 Å². The maximum Gasteiger partial charge on any atom is 0.416 e. The Balaban J connectivity index is 1.50. The minimum atomic E-state index is -4.43. The summed E-state index contributed by atoms with van der Waals surface area (Å²) in [5.41, 5.74) is 2.72. The van der Waals surface area contributed by atoms with Crippen molar-refractivity contribution in [2.75, 3.05) is 12.9 Å². The summed E-state index contributed by atoms with van der Waals surface area (Å²) < 4.78 is 44.6. The maximum atomic E-state index is 13.2. The molecule has 0 radical (unpaired) electrons. The van der Waals surface area contributed by atoms with Gasteiger partial charge in [-0.1, -0.05) is 36.0 Å². The van der Waals surface area contributed by atoms with Gasteiger partial charge in [-0.3, -0.25) is 14.2 Å². The predicted molar refractivity (Wildman–Crippen MR) is 132 cm³/mol. The number of para-hydroxylation sites is 1. The van der Waals surface area contributed by atoms with Crippen LogP contribution in [0.2, 0.25) is 0 Å². The lowest BCUT2D eigenvalue weighted by Crippen LogP contribution is -2.24. The number of amides is 1. The second-order valence-corrected chi connectivity index (χ2v) is 8.39. The first-order chi connectivity index (χ1) is 17.3. The lowest BCUT2D eigenvalue weighted by Gasteiger charge is -2.13. The van der Waals surface area contributed by atoms with Gasteiger partial charge in [0.1, 0.15) is 5.75 Å². The Morgan fingerprint density at radius 1 is 1.08 bits per heavy atom. The molecule has 0 spiro atoms. The molecule has 36 heavy (non-hydrogen) atoms. The van der Waals surface area contributed by atoms with Crippen LogP contribution in [0.25, 0.3) is 16.6 Å². The Hall–Kier alpha value is -4.12. The molecule has 0 aliphatic heterocycles. The number of nitrogens with zero attached hydrogens (tertiary/aromatic N) is 3. The van der Waals surface area contributed by atoms with Crippen molar-refractivity contribution in [3.8, 4) is 11.4 Å². The first-order valence-electron chi connectivity index (χ1n) is 10.5. The molecule has 11 heteroatoms. The Morgan fingerprint density at radius 2 is 1.78 bits per heavy atom. The number of nitrogens with one attached hydrogen (secondary N) is 1. The summed E-state index contributed by atoms with van der Waals surface area (Å²) >= 11 is 1.05. The van der Waals surface area contributed by atoms with Crippen molar-refractivity contribution < 1.29 is 22.7 Å². The van der Waals surface area contributed by atoms with Gasteiger partial charge in [-0.05, 0) is 54.1 Å². The van der Waals surface area contributed by atoms with Gasteiger partial charge in [0.25, 0.3) is 11.5 Å². The molecule has 4 aromatic rings. The molecule has 1 amide bonds. The summed E-state index contributed by atoms with van der Waals surface area (Å²) in [6.07, 6.45) is -3.19. The molecule has 0 saturated carbocycles.